The Morgan fingerprint density at radius 3 is 3.07 bits per heavy atom. The Bertz CT molecular complexity index is 311. The number of nitrogens with two attached hydrogens (primary N) is 1. The molecule has 84 valence electrons. The van der Waals surface area contributed by atoms with Gasteiger partial charge in [0.05, 0.1) is 26.0 Å². The largest absolute Gasteiger partial charge is 0.394 e. The molecule has 1 aromatic heterocycles. The highest BCUT2D eigenvalue weighted by molar-refractivity contribution is 6.32. The first-order chi connectivity index (χ1) is 7.24. The lowest BCUT2D eigenvalue weighted by Crippen LogP contribution is -2.13. The summed E-state index contributed by atoms with van der Waals surface area (Å²) < 4.78 is 5.04. The standard InChI is InChI=1S/C8H13ClN4O2/c9-6-5-12-8(10)13-7(6)11-1-3-15-4-2-14/h5,14H,1-4H2,(H3,10,11,12,13). The minimum Gasteiger partial charge on any atom is -0.394 e. The number of hydrogen-bond donors (Lipinski definition) is 3. The minimum atomic E-state index is 0.0151. The second-order valence-electron chi connectivity index (χ2n) is 2.69. The summed E-state index contributed by atoms with van der Waals surface area (Å²) in [5.74, 6) is 0.648. The van der Waals surface area contributed by atoms with E-state index in [0.717, 1.165) is 0 Å². The zero-order valence-electron chi connectivity index (χ0n) is 8.11. The number of nitrogens with one attached hydrogen (secondary N) is 1. The molecule has 0 aliphatic carbocycles. The summed E-state index contributed by atoms with van der Waals surface area (Å²) in [6.07, 6.45) is 1.43. The van der Waals surface area contributed by atoms with Crippen molar-refractivity contribution in [3.05, 3.63) is 11.2 Å². The Kier molecular flexibility index (Phi) is 5.09. The van der Waals surface area contributed by atoms with Gasteiger partial charge in [-0.2, -0.15) is 4.98 Å². The predicted octanol–water partition coefficient (Wildman–Crippen LogP) is 0.133. The van der Waals surface area contributed by atoms with E-state index in [2.05, 4.69) is 15.3 Å². The topological polar surface area (TPSA) is 93.3 Å². The highest BCUT2D eigenvalue weighted by Gasteiger charge is 2.02. The number of aliphatic hydroxyl groups is 1. The molecule has 4 N–H and O–H groups in total. The van der Waals surface area contributed by atoms with Crippen molar-refractivity contribution in [1.82, 2.24) is 9.97 Å². The van der Waals surface area contributed by atoms with Crippen LogP contribution in [0.1, 0.15) is 0 Å². The molecule has 0 amide bonds. The van der Waals surface area contributed by atoms with Crippen molar-refractivity contribution in [1.29, 1.82) is 0 Å². The van der Waals surface area contributed by atoms with Crippen molar-refractivity contribution >= 4 is 23.4 Å². The van der Waals surface area contributed by atoms with Gasteiger partial charge in [0.1, 0.15) is 5.02 Å². The van der Waals surface area contributed by atoms with Gasteiger partial charge in [-0.15, -0.1) is 0 Å². The van der Waals surface area contributed by atoms with Gasteiger partial charge < -0.3 is 20.9 Å². The predicted molar refractivity (Wildman–Crippen MR) is 57.8 cm³/mol. The van der Waals surface area contributed by atoms with E-state index in [9.17, 15) is 0 Å². The molecule has 0 aliphatic rings. The molecule has 0 aliphatic heterocycles. The van der Waals surface area contributed by atoms with Gasteiger partial charge in [-0.3, -0.25) is 0 Å². The summed E-state index contributed by atoms with van der Waals surface area (Å²) in [5, 5.41) is 11.8. The van der Waals surface area contributed by atoms with Gasteiger partial charge in [0.25, 0.3) is 0 Å². The van der Waals surface area contributed by atoms with Gasteiger partial charge in [0.2, 0.25) is 5.95 Å². The quantitative estimate of drug-likeness (QED) is 0.604. The van der Waals surface area contributed by atoms with Crippen molar-refractivity contribution in [3.63, 3.8) is 0 Å². The normalized spacial score (nSPS) is 10.3. The van der Waals surface area contributed by atoms with Crippen molar-refractivity contribution in [2.75, 3.05) is 37.4 Å². The molecule has 0 bridgehead atoms. The lowest BCUT2D eigenvalue weighted by molar-refractivity contribution is 0.0992. The van der Waals surface area contributed by atoms with Crippen molar-refractivity contribution in [2.24, 2.45) is 0 Å². The maximum atomic E-state index is 8.46. The molecule has 1 rings (SSSR count). The molecule has 0 aromatic carbocycles. The first-order valence-electron chi connectivity index (χ1n) is 4.44. The van der Waals surface area contributed by atoms with Gasteiger partial charge >= 0.3 is 0 Å². The fourth-order valence-corrected chi connectivity index (χ4v) is 1.07. The van der Waals surface area contributed by atoms with Crippen LogP contribution in [0.4, 0.5) is 11.8 Å². The van der Waals surface area contributed by atoms with E-state index in [1.807, 2.05) is 0 Å². The molecule has 0 radical (unpaired) electrons. The molecule has 0 fully saturated rings. The average Bonchev–Trinajstić information content (AvgIpc) is 2.23. The van der Waals surface area contributed by atoms with Crippen LogP contribution in [0.25, 0.3) is 0 Å². The molecule has 15 heavy (non-hydrogen) atoms. The number of rotatable bonds is 6. The van der Waals surface area contributed by atoms with Crippen LogP contribution in [0.5, 0.6) is 0 Å². The molecule has 1 aromatic rings. The number of aromatic nitrogens is 2. The van der Waals surface area contributed by atoms with Gasteiger partial charge in [0, 0.05) is 6.54 Å². The zero-order valence-corrected chi connectivity index (χ0v) is 8.87. The number of hydrogen-bond acceptors (Lipinski definition) is 6. The van der Waals surface area contributed by atoms with Crippen LogP contribution in [0.2, 0.25) is 5.02 Å². The Morgan fingerprint density at radius 1 is 1.53 bits per heavy atom. The van der Waals surface area contributed by atoms with E-state index in [4.69, 9.17) is 27.2 Å². The van der Waals surface area contributed by atoms with Gasteiger partial charge in [0.15, 0.2) is 5.82 Å². The number of anilines is 2. The van der Waals surface area contributed by atoms with Crippen LogP contribution in [0.15, 0.2) is 6.20 Å². The van der Waals surface area contributed by atoms with Gasteiger partial charge in [-0.05, 0) is 0 Å². The van der Waals surface area contributed by atoms with E-state index < -0.39 is 0 Å². The van der Waals surface area contributed by atoms with E-state index in [1.165, 1.54) is 6.20 Å². The van der Waals surface area contributed by atoms with E-state index in [0.29, 0.717) is 30.6 Å². The molecule has 0 atom stereocenters. The van der Waals surface area contributed by atoms with Crippen molar-refractivity contribution in [3.8, 4) is 0 Å². The zero-order chi connectivity index (χ0) is 11.1. The Hall–Kier alpha value is -1.11. The molecule has 7 heteroatoms. The molecule has 0 spiro atoms. The average molecular weight is 233 g/mol. The van der Waals surface area contributed by atoms with Crippen molar-refractivity contribution < 1.29 is 9.84 Å². The fourth-order valence-electron chi connectivity index (χ4n) is 0.913. The number of nitrogens with zero attached hydrogens (tertiary/aromatic N) is 2. The SMILES string of the molecule is Nc1ncc(Cl)c(NCCOCCO)n1. The molecular formula is C8H13ClN4O2. The molecule has 6 nitrogen and oxygen atoms in total. The van der Waals surface area contributed by atoms with Crippen LogP contribution in [0.3, 0.4) is 0 Å². The monoisotopic (exact) mass is 232 g/mol. The summed E-state index contributed by atoms with van der Waals surface area (Å²) in [6.45, 7) is 1.33. The van der Waals surface area contributed by atoms with E-state index in [-0.39, 0.29) is 12.6 Å². The van der Waals surface area contributed by atoms with E-state index >= 15 is 0 Å². The smallest absolute Gasteiger partial charge is 0.222 e. The van der Waals surface area contributed by atoms with Crippen LogP contribution in [-0.4, -0.2) is 41.4 Å². The Morgan fingerprint density at radius 2 is 2.33 bits per heavy atom. The van der Waals surface area contributed by atoms with Crippen molar-refractivity contribution in [2.45, 2.75) is 0 Å². The summed E-state index contributed by atoms with van der Waals surface area (Å²) in [6, 6.07) is 0. The Labute approximate surface area is 92.4 Å². The number of aliphatic hydroxyl groups excluding tert-OH is 1. The summed E-state index contributed by atoms with van der Waals surface area (Å²) in [7, 11) is 0. The first kappa shape index (κ1) is 12.0. The van der Waals surface area contributed by atoms with Crippen LogP contribution in [0, 0.1) is 0 Å². The molecule has 0 unspecified atom stereocenters. The second-order valence-corrected chi connectivity index (χ2v) is 3.09. The first-order valence-corrected chi connectivity index (χ1v) is 4.82. The third-order valence-corrected chi connectivity index (χ3v) is 1.81. The maximum absolute atomic E-state index is 8.46. The lowest BCUT2D eigenvalue weighted by atomic mass is 10.5. The number of halogens is 1. The van der Waals surface area contributed by atoms with Gasteiger partial charge in [-0.1, -0.05) is 11.6 Å². The number of ether oxygens (including phenoxy) is 1. The molecule has 1 heterocycles. The summed E-state index contributed by atoms with van der Waals surface area (Å²) in [5.41, 5.74) is 5.39. The van der Waals surface area contributed by atoms with E-state index in [1.54, 1.807) is 0 Å². The summed E-state index contributed by atoms with van der Waals surface area (Å²) in [4.78, 5) is 7.64. The summed E-state index contributed by atoms with van der Waals surface area (Å²) >= 11 is 5.81. The lowest BCUT2D eigenvalue weighted by Gasteiger charge is -2.07. The van der Waals surface area contributed by atoms with Crippen LogP contribution in [-0.2, 0) is 4.74 Å². The highest BCUT2D eigenvalue weighted by atomic mass is 35.5. The fraction of sp³-hybridized carbons (Fsp3) is 0.500. The molecule has 0 saturated carbocycles. The minimum absolute atomic E-state index is 0.0151. The van der Waals surface area contributed by atoms with Crippen LogP contribution < -0.4 is 11.1 Å². The van der Waals surface area contributed by atoms with Crippen LogP contribution >= 0.6 is 11.6 Å². The third kappa shape index (κ3) is 4.28. The molecule has 0 saturated heterocycles. The third-order valence-electron chi connectivity index (χ3n) is 1.54. The number of nitrogen functional groups attached to an aromatic ring is 1. The Balaban J connectivity index is 2.33. The highest BCUT2D eigenvalue weighted by Crippen LogP contribution is 2.17. The van der Waals surface area contributed by atoms with Gasteiger partial charge in [-0.25, -0.2) is 4.98 Å². The maximum Gasteiger partial charge on any atom is 0.222 e. The molecular weight excluding hydrogens is 220 g/mol. The second kappa shape index (κ2) is 6.39.